The second kappa shape index (κ2) is 8.67. The van der Waals surface area contributed by atoms with E-state index in [0.29, 0.717) is 18.9 Å². The van der Waals surface area contributed by atoms with Crippen LogP contribution in [0.15, 0.2) is 30.3 Å². The van der Waals surface area contributed by atoms with E-state index < -0.39 is 0 Å². The number of carbonyl (C=O) groups is 1. The number of nitrogens with zero attached hydrogens (tertiary/aromatic N) is 1. The van der Waals surface area contributed by atoms with E-state index in [4.69, 9.17) is 9.47 Å². The van der Waals surface area contributed by atoms with Crippen molar-refractivity contribution in [3.05, 3.63) is 30.3 Å². The first-order chi connectivity index (χ1) is 10.3. The first kappa shape index (κ1) is 15.8. The number of rotatable bonds is 7. The van der Waals surface area contributed by atoms with Gasteiger partial charge in [0.05, 0.1) is 13.0 Å². The van der Waals surface area contributed by atoms with E-state index in [2.05, 4.69) is 0 Å². The van der Waals surface area contributed by atoms with Crippen LogP contribution in [0.5, 0.6) is 5.75 Å². The molecule has 1 aromatic carbocycles. The molecule has 1 heterocycles. The number of benzene rings is 1. The molecule has 0 radical (unpaired) electrons. The Hall–Kier alpha value is -1.55. The van der Waals surface area contributed by atoms with Crippen LogP contribution in [0.4, 0.5) is 0 Å². The van der Waals surface area contributed by atoms with Gasteiger partial charge in [-0.2, -0.15) is 0 Å². The molecule has 21 heavy (non-hydrogen) atoms. The lowest BCUT2D eigenvalue weighted by Gasteiger charge is -2.25. The van der Waals surface area contributed by atoms with E-state index in [-0.39, 0.29) is 5.91 Å². The molecule has 0 spiro atoms. The minimum atomic E-state index is 0.151. The highest BCUT2D eigenvalue weighted by Crippen LogP contribution is 2.18. The molecule has 1 amide bonds. The molecular weight excluding hydrogens is 266 g/mol. The Kier molecular flexibility index (Phi) is 6.54. The Bertz CT molecular complexity index is 415. The molecule has 1 saturated heterocycles. The van der Waals surface area contributed by atoms with Crippen LogP contribution in [0, 0.1) is 5.92 Å². The summed E-state index contributed by atoms with van der Waals surface area (Å²) in [5.74, 6) is 1.67. The lowest BCUT2D eigenvalue weighted by molar-refractivity contribution is -0.130. The molecule has 0 bridgehead atoms. The summed E-state index contributed by atoms with van der Waals surface area (Å²) in [5, 5.41) is 0. The Morgan fingerprint density at radius 3 is 2.71 bits per heavy atom. The molecule has 4 nitrogen and oxygen atoms in total. The van der Waals surface area contributed by atoms with Gasteiger partial charge in [0, 0.05) is 26.8 Å². The molecule has 4 heteroatoms. The minimum Gasteiger partial charge on any atom is -0.493 e. The zero-order valence-electron chi connectivity index (χ0n) is 12.8. The van der Waals surface area contributed by atoms with Crippen molar-refractivity contribution in [3.8, 4) is 5.75 Å². The van der Waals surface area contributed by atoms with Crippen LogP contribution in [-0.4, -0.2) is 44.2 Å². The van der Waals surface area contributed by atoms with Gasteiger partial charge in [0.15, 0.2) is 0 Å². The summed E-state index contributed by atoms with van der Waals surface area (Å²) in [5.41, 5.74) is 0. The summed E-state index contributed by atoms with van der Waals surface area (Å²) in [4.78, 5) is 13.9. The monoisotopic (exact) mass is 291 g/mol. The second-order valence-corrected chi connectivity index (χ2v) is 5.57. The summed E-state index contributed by atoms with van der Waals surface area (Å²) in [6.07, 6.45) is 3.75. The molecule has 116 valence electrons. The van der Waals surface area contributed by atoms with Crippen LogP contribution < -0.4 is 4.74 Å². The number of hydrogen-bond acceptors (Lipinski definition) is 3. The van der Waals surface area contributed by atoms with Crippen LogP contribution >= 0.6 is 0 Å². The van der Waals surface area contributed by atoms with Crippen molar-refractivity contribution in [2.75, 3.05) is 33.4 Å². The predicted molar refractivity (Wildman–Crippen MR) is 82.4 cm³/mol. The van der Waals surface area contributed by atoms with Gasteiger partial charge >= 0.3 is 0 Å². The zero-order valence-corrected chi connectivity index (χ0v) is 12.8. The number of amides is 1. The normalized spacial score (nSPS) is 15.7. The molecular formula is C17H25NO3. The highest BCUT2D eigenvalue weighted by molar-refractivity contribution is 5.75. The fourth-order valence-corrected chi connectivity index (χ4v) is 2.50. The van der Waals surface area contributed by atoms with Gasteiger partial charge in [-0.25, -0.2) is 0 Å². The quantitative estimate of drug-likeness (QED) is 0.775. The van der Waals surface area contributed by atoms with Gasteiger partial charge in [-0.15, -0.1) is 0 Å². The van der Waals surface area contributed by atoms with Crippen molar-refractivity contribution >= 4 is 5.91 Å². The predicted octanol–water partition coefficient (Wildman–Crippen LogP) is 2.73. The third-order valence-electron chi connectivity index (χ3n) is 3.97. The summed E-state index contributed by atoms with van der Waals surface area (Å²) in [7, 11) is 1.88. The van der Waals surface area contributed by atoms with Gasteiger partial charge in [0.2, 0.25) is 5.91 Å². The first-order valence-electron chi connectivity index (χ1n) is 7.75. The first-order valence-corrected chi connectivity index (χ1v) is 7.75. The van der Waals surface area contributed by atoms with E-state index in [9.17, 15) is 4.79 Å². The Balaban J connectivity index is 1.60. The van der Waals surface area contributed by atoms with Crippen LogP contribution in [0.3, 0.4) is 0 Å². The second-order valence-electron chi connectivity index (χ2n) is 5.57. The molecule has 1 aliphatic rings. The standard InChI is InChI=1S/C17H25NO3/c1-18(11-7-15-8-12-20-13-9-15)17(19)10-14-21-16-5-3-2-4-6-16/h2-6,15H,7-14H2,1H3. The third-order valence-corrected chi connectivity index (χ3v) is 3.97. The van der Waals surface area contributed by atoms with E-state index in [1.165, 1.54) is 0 Å². The number of carbonyl (C=O) groups excluding carboxylic acids is 1. The maximum absolute atomic E-state index is 12.0. The van der Waals surface area contributed by atoms with Gasteiger partial charge in [-0.3, -0.25) is 4.79 Å². The van der Waals surface area contributed by atoms with Crippen molar-refractivity contribution < 1.29 is 14.3 Å². The smallest absolute Gasteiger partial charge is 0.225 e. The van der Waals surface area contributed by atoms with E-state index >= 15 is 0 Å². The van der Waals surface area contributed by atoms with Gasteiger partial charge < -0.3 is 14.4 Å². The van der Waals surface area contributed by atoms with Gasteiger partial charge in [-0.05, 0) is 37.3 Å². The summed E-state index contributed by atoms with van der Waals surface area (Å²) < 4.78 is 10.9. The molecule has 1 aliphatic heterocycles. The van der Waals surface area contributed by atoms with Crippen molar-refractivity contribution in [1.82, 2.24) is 4.90 Å². The Labute approximate surface area is 127 Å². The van der Waals surface area contributed by atoms with Crippen LogP contribution in [0.1, 0.15) is 25.7 Å². The molecule has 1 aromatic rings. The summed E-state index contributed by atoms with van der Waals surface area (Å²) >= 11 is 0. The number of hydrogen-bond donors (Lipinski definition) is 0. The van der Waals surface area contributed by atoms with Crippen LogP contribution in [0.2, 0.25) is 0 Å². The molecule has 1 fully saturated rings. The summed E-state index contributed by atoms with van der Waals surface area (Å²) in [6, 6.07) is 9.61. The van der Waals surface area contributed by atoms with E-state index in [0.717, 1.165) is 44.8 Å². The molecule has 0 N–H and O–H groups in total. The van der Waals surface area contributed by atoms with Crippen molar-refractivity contribution in [3.63, 3.8) is 0 Å². The van der Waals surface area contributed by atoms with Crippen molar-refractivity contribution in [2.24, 2.45) is 5.92 Å². The highest BCUT2D eigenvalue weighted by atomic mass is 16.5. The molecule has 0 aromatic heterocycles. The topological polar surface area (TPSA) is 38.8 Å². The fraction of sp³-hybridized carbons (Fsp3) is 0.588. The third kappa shape index (κ3) is 5.76. The average Bonchev–Trinajstić information content (AvgIpc) is 2.54. The fourth-order valence-electron chi connectivity index (χ4n) is 2.50. The average molecular weight is 291 g/mol. The van der Waals surface area contributed by atoms with Crippen molar-refractivity contribution in [1.29, 1.82) is 0 Å². The lowest BCUT2D eigenvalue weighted by atomic mass is 9.96. The molecule has 0 aliphatic carbocycles. The highest BCUT2D eigenvalue weighted by Gasteiger charge is 2.16. The maximum Gasteiger partial charge on any atom is 0.225 e. The molecule has 0 atom stereocenters. The zero-order chi connectivity index (χ0) is 14.9. The van der Waals surface area contributed by atoms with Crippen LogP contribution in [0.25, 0.3) is 0 Å². The van der Waals surface area contributed by atoms with Gasteiger partial charge in [-0.1, -0.05) is 18.2 Å². The minimum absolute atomic E-state index is 0.151. The van der Waals surface area contributed by atoms with E-state index in [1.54, 1.807) is 0 Å². The number of ether oxygens (including phenoxy) is 2. The van der Waals surface area contributed by atoms with Gasteiger partial charge in [0.25, 0.3) is 0 Å². The largest absolute Gasteiger partial charge is 0.493 e. The maximum atomic E-state index is 12.0. The molecule has 2 rings (SSSR count). The van der Waals surface area contributed by atoms with E-state index in [1.807, 2.05) is 42.3 Å². The molecule has 0 unspecified atom stereocenters. The Morgan fingerprint density at radius 2 is 2.00 bits per heavy atom. The Morgan fingerprint density at radius 1 is 1.29 bits per heavy atom. The summed E-state index contributed by atoms with van der Waals surface area (Å²) in [6.45, 7) is 3.00. The van der Waals surface area contributed by atoms with Gasteiger partial charge in [0.1, 0.15) is 5.75 Å². The molecule has 0 saturated carbocycles. The van der Waals surface area contributed by atoms with Crippen LogP contribution in [-0.2, 0) is 9.53 Å². The number of para-hydroxylation sites is 1. The lowest BCUT2D eigenvalue weighted by Crippen LogP contribution is -2.30. The SMILES string of the molecule is CN(CCC1CCOCC1)C(=O)CCOc1ccccc1. The van der Waals surface area contributed by atoms with Crippen molar-refractivity contribution in [2.45, 2.75) is 25.7 Å².